The van der Waals surface area contributed by atoms with E-state index < -0.39 is 0 Å². The molecular weight excluding hydrogens is 357 g/mol. The first-order chi connectivity index (χ1) is 13.4. The van der Waals surface area contributed by atoms with Gasteiger partial charge in [0.05, 0.1) is 17.1 Å². The Labute approximate surface area is 174 Å². The number of hydrogen-bond acceptors (Lipinski definition) is 3. The van der Waals surface area contributed by atoms with Crippen LogP contribution in [0.3, 0.4) is 0 Å². The molecule has 0 amide bonds. The maximum Gasteiger partial charge on any atom is 0.569 e. The molecule has 1 radical (unpaired) electrons. The standard InChI is InChI=1S/C24H23BNO2.CH4/c1-23(2)16-8-5-6-11-20(16)26-21-13-12-15(28-25-27)14-19(21)24(3,4)18-10-7-9-17(23)22(18)26;/h5-14,27H,1-4H3;1H4. The second-order valence-corrected chi connectivity index (χ2v) is 8.71. The Morgan fingerprint density at radius 2 is 1.34 bits per heavy atom. The van der Waals surface area contributed by atoms with Gasteiger partial charge >= 0.3 is 7.69 Å². The Bertz CT molecular complexity index is 1100. The van der Waals surface area contributed by atoms with Crippen LogP contribution in [0.2, 0.25) is 0 Å². The van der Waals surface area contributed by atoms with Gasteiger partial charge in [-0.15, -0.1) is 0 Å². The molecule has 2 aliphatic rings. The highest BCUT2D eigenvalue weighted by atomic mass is 16.5. The van der Waals surface area contributed by atoms with Gasteiger partial charge in [-0.1, -0.05) is 71.5 Å². The van der Waals surface area contributed by atoms with Crippen molar-refractivity contribution in [2.45, 2.75) is 46.0 Å². The van der Waals surface area contributed by atoms with Crippen LogP contribution in [-0.2, 0) is 10.8 Å². The van der Waals surface area contributed by atoms with Crippen molar-refractivity contribution in [2.75, 3.05) is 4.90 Å². The zero-order chi connectivity index (χ0) is 19.7. The average Bonchev–Trinajstić information content (AvgIpc) is 2.68. The molecule has 4 heteroatoms. The van der Waals surface area contributed by atoms with Gasteiger partial charge in [0, 0.05) is 10.8 Å². The van der Waals surface area contributed by atoms with Crippen LogP contribution < -0.4 is 9.55 Å². The summed E-state index contributed by atoms with van der Waals surface area (Å²) in [5.74, 6) is 0.638. The number of fused-ring (bicyclic) bond motifs is 4. The largest absolute Gasteiger partial charge is 0.569 e. The normalized spacial score (nSPS) is 16.7. The van der Waals surface area contributed by atoms with Gasteiger partial charge in [0.15, 0.2) is 0 Å². The van der Waals surface area contributed by atoms with E-state index in [2.05, 4.69) is 81.1 Å². The summed E-state index contributed by atoms with van der Waals surface area (Å²) in [6.45, 7) is 9.15. The predicted octanol–water partition coefficient (Wildman–Crippen LogP) is 5.98. The van der Waals surface area contributed by atoms with Crippen LogP contribution in [0.25, 0.3) is 0 Å². The minimum absolute atomic E-state index is 0. The summed E-state index contributed by atoms with van der Waals surface area (Å²) in [6, 6.07) is 21.4. The molecule has 3 nitrogen and oxygen atoms in total. The van der Waals surface area contributed by atoms with E-state index >= 15 is 0 Å². The minimum Gasteiger partial charge on any atom is -0.537 e. The fraction of sp³-hybridized carbons (Fsp3) is 0.280. The first-order valence-electron chi connectivity index (χ1n) is 9.68. The molecule has 0 aliphatic carbocycles. The Hall–Kier alpha value is -2.72. The number of rotatable bonds is 2. The molecule has 1 N–H and O–H groups in total. The Morgan fingerprint density at radius 3 is 2.03 bits per heavy atom. The highest BCUT2D eigenvalue weighted by Crippen LogP contribution is 2.59. The minimum atomic E-state index is -0.186. The van der Waals surface area contributed by atoms with E-state index in [1.54, 1.807) is 0 Å². The molecule has 2 heterocycles. The molecule has 0 unspecified atom stereocenters. The van der Waals surface area contributed by atoms with Crippen molar-refractivity contribution >= 4 is 24.7 Å². The first kappa shape index (κ1) is 19.6. The summed E-state index contributed by atoms with van der Waals surface area (Å²) in [5, 5.41) is 9.09. The first-order valence-corrected chi connectivity index (χ1v) is 9.68. The van der Waals surface area contributed by atoms with Gasteiger partial charge < -0.3 is 14.6 Å². The molecule has 0 bridgehead atoms. The third-order valence-corrected chi connectivity index (χ3v) is 6.50. The number of benzene rings is 3. The monoisotopic (exact) mass is 384 g/mol. The van der Waals surface area contributed by atoms with Crippen molar-refractivity contribution in [3.63, 3.8) is 0 Å². The lowest BCUT2D eigenvalue weighted by Crippen LogP contribution is -2.38. The lowest BCUT2D eigenvalue weighted by molar-refractivity contribution is 0.452. The summed E-state index contributed by atoms with van der Waals surface area (Å²) in [7, 11) is 0.738. The molecule has 2 aliphatic heterocycles. The van der Waals surface area contributed by atoms with Gasteiger partial charge in [-0.25, -0.2) is 0 Å². The zero-order valence-electron chi connectivity index (χ0n) is 16.7. The second-order valence-electron chi connectivity index (χ2n) is 8.71. The van der Waals surface area contributed by atoms with Crippen LogP contribution >= 0.6 is 0 Å². The van der Waals surface area contributed by atoms with Crippen LogP contribution in [0.5, 0.6) is 5.75 Å². The van der Waals surface area contributed by atoms with Crippen molar-refractivity contribution in [2.24, 2.45) is 0 Å². The average molecular weight is 384 g/mol. The van der Waals surface area contributed by atoms with Crippen LogP contribution in [0.1, 0.15) is 57.4 Å². The molecular formula is C25H27BNO2. The number of hydrogen-bond donors (Lipinski definition) is 1. The van der Waals surface area contributed by atoms with Crippen LogP contribution in [0.4, 0.5) is 17.1 Å². The number of para-hydroxylation sites is 2. The summed E-state index contributed by atoms with van der Waals surface area (Å²) in [5.41, 5.74) is 8.61. The topological polar surface area (TPSA) is 32.7 Å². The van der Waals surface area contributed by atoms with Crippen molar-refractivity contribution in [1.29, 1.82) is 0 Å². The van der Waals surface area contributed by atoms with Gasteiger partial charge in [-0.05, 0) is 46.5 Å². The zero-order valence-corrected chi connectivity index (χ0v) is 16.7. The molecule has 0 saturated heterocycles. The van der Waals surface area contributed by atoms with Gasteiger partial charge in [0.25, 0.3) is 0 Å². The van der Waals surface area contributed by atoms with Crippen molar-refractivity contribution in [3.8, 4) is 5.75 Å². The molecule has 3 aromatic rings. The van der Waals surface area contributed by atoms with Gasteiger partial charge in [-0.3, -0.25) is 0 Å². The maximum absolute atomic E-state index is 9.09. The van der Waals surface area contributed by atoms with Gasteiger partial charge in [0.2, 0.25) is 0 Å². The molecule has 147 valence electrons. The molecule has 0 spiro atoms. The highest BCUT2D eigenvalue weighted by Gasteiger charge is 2.45. The Balaban J connectivity index is 0.00000205. The fourth-order valence-electron chi connectivity index (χ4n) is 5.00. The molecule has 0 atom stereocenters. The van der Waals surface area contributed by atoms with Crippen LogP contribution in [0, 0.1) is 0 Å². The second kappa shape index (κ2) is 6.40. The highest BCUT2D eigenvalue weighted by molar-refractivity contribution is 6.17. The van der Waals surface area contributed by atoms with Gasteiger partial charge in [-0.2, -0.15) is 0 Å². The summed E-state index contributed by atoms with van der Waals surface area (Å²) in [6.07, 6.45) is 0. The third-order valence-electron chi connectivity index (χ3n) is 6.50. The van der Waals surface area contributed by atoms with Crippen molar-refractivity contribution < 1.29 is 9.68 Å². The number of anilines is 3. The van der Waals surface area contributed by atoms with E-state index in [1.165, 1.54) is 33.6 Å². The Kier molecular flexibility index (Phi) is 4.32. The van der Waals surface area contributed by atoms with E-state index in [9.17, 15) is 0 Å². The fourth-order valence-corrected chi connectivity index (χ4v) is 5.00. The van der Waals surface area contributed by atoms with E-state index in [0.717, 1.165) is 13.4 Å². The smallest absolute Gasteiger partial charge is 0.537 e. The lowest BCUT2D eigenvalue weighted by Gasteiger charge is -2.49. The summed E-state index contributed by atoms with van der Waals surface area (Å²) < 4.78 is 5.27. The van der Waals surface area contributed by atoms with Crippen LogP contribution in [0.15, 0.2) is 60.7 Å². The van der Waals surface area contributed by atoms with E-state index in [1.807, 2.05) is 12.1 Å². The maximum atomic E-state index is 9.09. The predicted molar refractivity (Wildman–Crippen MR) is 121 cm³/mol. The molecule has 0 saturated carbocycles. The number of nitrogens with zero attached hydrogens (tertiary/aromatic N) is 1. The summed E-state index contributed by atoms with van der Waals surface area (Å²) in [4.78, 5) is 2.40. The van der Waals surface area contributed by atoms with E-state index in [0.29, 0.717) is 5.75 Å². The molecule has 29 heavy (non-hydrogen) atoms. The quantitative estimate of drug-likeness (QED) is 0.552. The summed E-state index contributed by atoms with van der Waals surface area (Å²) >= 11 is 0. The molecule has 0 aromatic heterocycles. The lowest BCUT2D eigenvalue weighted by atomic mass is 9.66. The van der Waals surface area contributed by atoms with Gasteiger partial charge in [0.1, 0.15) is 5.75 Å². The Morgan fingerprint density at radius 1 is 0.759 bits per heavy atom. The van der Waals surface area contributed by atoms with Crippen molar-refractivity contribution in [1.82, 2.24) is 0 Å². The van der Waals surface area contributed by atoms with Crippen molar-refractivity contribution in [3.05, 3.63) is 82.9 Å². The molecule has 3 aromatic carbocycles. The van der Waals surface area contributed by atoms with Crippen LogP contribution in [-0.4, -0.2) is 12.7 Å². The van der Waals surface area contributed by atoms with E-state index in [-0.39, 0.29) is 18.3 Å². The molecule has 5 rings (SSSR count). The van der Waals surface area contributed by atoms with E-state index in [4.69, 9.17) is 9.68 Å². The molecule has 0 fully saturated rings. The third kappa shape index (κ3) is 2.48. The SMILES string of the molecule is C.CC1(C)c2ccccc2N2c3ccc(O[B]O)cc3C(C)(C)c3cccc1c32.